The third-order valence-electron chi connectivity index (χ3n) is 4.46. The molecule has 5 nitrogen and oxygen atoms in total. The molecule has 0 aromatic heterocycles. The number of carbonyl (C=O) groups excluding carboxylic acids is 2. The summed E-state index contributed by atoms with van der Waals surface area (Å²) in [6, 6.07) is 18.0. The van der Waals surface area contributed by atoms with Crippen molar-refractivity contribution in [2.75, 3.05) is 6.61 Å². The number of benzene rings is 3. The van der Waals surface area contributed by atoms with Gasteiger partial charge in [0.25, 0.3) is 0 Å². The van der Waals surface area contributed by atoms with Gasteiger partial charge in [0.2, 0.25) is 5.90 Å². The van der Waals surface area contributed by atoms with Crippen molar-refractivity contribution < 1.29 is 23.5 Å². The Balaban J connectivity index is 1.53. The molecule has 0 saturated carbocycles. The number of nitrogens with zero attached hydrogens (tertiary/aromatic N) is 1. The highest BCUT2D eigenvalue weighted by molar-refractivity contribution is 9.11. The number of esters is 1. The van der Waals surface area contributed by atoms with Gasteiger partial charge in [-0.05, 0) is 73.8 Å². The highest BCUT2D eigenvalue weighted by Gasteiger charge is 2.24. The molecule has 3 aromatic carbocycles. The molecule has 0 spiro atoms. The van der Waals surface area contributed by atoms with Crippen LogP contribution in [0.25, 0.3) is 6.08 Å². The summed E-state index contributed by atoms with van der Waals surface area (Å²) < 4.78 is 25.5. The summed E-state index contributed by atoms with van der Waals surface area (Å²) in [6.07, 6.45) is 1.54. The first kappa shape index (κ1) is 22.1. The molecule has 0 radical (unpaired) electrons. The molecule has 1 heterocycles. The van der Waals surface area contributed by atoms with Crippen LogP contribution in [0.1, 0.15) is 21.5 Å². The summed E-state index contributed by atoms with van der Waals surface area (Å²) in [6.45, 7) is -0.130. The monoisotopic (exact) mass is 557 g/mol. The van der Waals surface area contributed by atoms with Crippen LogP contribution >= 0.6 is 31.9 Å². The van der Waals surface area contributed by atoms with Gasteiger partial charge in [-0.2, -0.15) is 0 Å². The van der Waals surface area contributed by atoms with E-state index in [1.165, 1.54) is 18.2 Å². The van der Waals surface area contributed by atoms with E-state index in [0.29, 0.717) is 31.4 Å². The Morgan fingerprint density at radius 3 is 2.44 bits per heavy atom. The lowest BCUT2D eigenvalue weighted by Gasteiger charge is -2.11. The first-order chi connectivity index (χ1) is 15.4. The quantitative estimate of drug-likeness (QED) is 0.213. The zero-order valence-corrected chi connectivity index (χ0v) is 19.5. The van der Waals surface area contributed by atoms with Gasteiger partial charge in [0.15, 0.2) is 18.1 Å². The lowest BCUT2D eigenvalue weighted by Crippen LogP contribution is -2.12. The molecule has 4 rings (SSSR count). The number of carbonyl (C=O) groups is 2. The largest absolute Gasteiger partial charge is 0.483 e. The summed E-state index contributed by atoms with van der Waals surface area (Å²) in [5, 5.41) is 0. The van der Waals surface area contributed by atoms with Gasteiger partial charge in [-0.1, -0.05) is 36.4 Å². The van der Waals surface area contributed by atoms with Gasteiger partial charge in [-0.25, -0.2) is 14.2 Å². The van der Waals surface area contributed by atoms with Crippen LogP contribution in [0.3, 0.4) is 0 Å². The minimum atomic E-state index is -0.634. The van der Waals surface area contributed by atoms with Crippen molar-refractivity contribution in [3.05, 3.63) is 104 Å². The number of ketones is 1. The van der Waals surface area contributed by atoms with E-state index >= 15 is 0 Å². The second-order valence-electron chi connectivity index (χ2n) is 6.74. The first-order valence-corrected chi connectivity index (χ1v) is 11.0. The zero-order chi connectivity index (χ0) is 22.7. The molecule has 0 fully saturated rings. The standard InChI is InChI=1S/C24H14Br2FNO4/c25-18-9-14(10-19(26)22(18)31-13-21(29)15-5-2-1-3-6-15)11-20-24(30)32-23(28-20)16-7-4-8-17(27)12-16/h1-12H,13H2/b20-11-. The Morgan fingerprint density at radius 2 is 1.75 bits per heavy atom. The van der Waals surface area contributed by atoms with Crippen molar-refractivity contribution in [2.24, 2.45) is 4.99 Å². The fraction of sp³-hybridized carbons (Fsp3) is 0.0417. The summed E-state index contributed by atoms with van der Waals surface area (Å²) in [7, 11) is 0. The maximum atomic E-state index is 13.4. The molecule has 0 amide bonds. The van der Waals surface area contributed by atoms with Crippen molar-refractivity contribution in [1.82, 2.24) is 0 Å². The van der Waals surface area contributed by atoms with Crippen LogP contribution in [0, 0.1) is 5.82 Å². The normalized spacial score (nSPS) is 14.3. The van der Waals surface area contributed by atoms with Crippen LogP contribution in [0.15, 0.2) is 86.4 Å². The lowest BCUT2D eigenvalue weighted by molar-refractivity contribution is -0.129. The molecule has 0 unspecified atom stereocenters. The smallest absolute Gasteiger partial charge is 0.363 e. The second kappa shape index (κ2) is 9.58. The maximum absolute atomic E-state index is 13.4. The van der Waals surface area contributed by atoms with Crippen molar-refractivity contribution in [3.63, 3.8) is 0 Å². The van der Waals surface area contributed by atoms with Crippen LogP contribution in [0.2, 0.25) is 0 Å². The van der Waals surface area contributed by atoms with E-state index < -0.39 is 11.8 Å². The van der Waals surface area contributed by atoms with E-state index in [9.17, 15) is 14.0 Å². The topological polar surface area (TPSA) is 65.0 Å². The van der Waals surface area contributed by atoms with Gasteiger partial charge in [0.1, 0.15) is 11.6 Å². The van der Waals surface area contributed by atoms with Gasteiger partial charge in [-0.15, -0.1) is 0 Å². The molecular weight excluding hydrogens is 545 g/mol. The van der Waals surface area contributed by atoms with Gasteiger partial charge in [0, 0.05) is 11.1 Å². The van der Waals surface area contributed by atoms with Gasteiger partial charge in [-0.3, -0.25) is 4.79 Å². The van der Waals surface area contributed by atoms with Crippen LogP contribution < -0.4 is 4.74 Å². The first-order valence-electron chi connectivity index (χ1n) is 9.39. The number of hydrogen-bond acceptors (Lipinski definition) is 5. The highest BCUT2D eigenvalue weighted by Crippen LogP contribution is 2.36. The minimum Gasteiger partial charge on any atom is -0.483 e. The molecule has 3 aromatic rings. The van der Waals surface area contributed by atoms with Crippen LogP contribution in [0.4, 0.5) is 4.39 Å². The Hall–Kier alpha value is -3.10. The lowest BCUT2D eigenvalue weighted by atomic mass is 10.1. The summed E-state index contributed by atoms with van der Waals surface area (Å²) in [5.41, 5.74) is 1.65. The highest BCUT2D eigenvalue weighted by atomic mass is 79.9. The van der Waals surface area contributed by atoms with E-state index in [2.05, 4.69) is 36.9 Å². The second-order valence-corrected chi connectivity index (χ2v) is 8.45. The minimum absolute atomic E-state index is 0.0401. The SMILES string of the molecule is O=C1OC(c2cccc(F)c2)=N/C1=C\c1cc(Br)c(OCC(=O)c2ccccc2)c(Br)c1. The molecule has 8 heteroatoms. The number of ether oxygens (including phenoxy) is 2. The Kier molecular flexibility index (Phi) is 6.62. The number of hydrogen-bond donors (Lipinski definition) is 0. The molecule has 1 aliphatic heterocycles. The van der Waals surface area contributed by atoms with Crippen LogP contribution in [0.5, 0.6) is 5.75 Å². The molecular formula is C24H14Br2FNO4. The molecule has 1 aliphatic rings. The third-order valence-corrected chi connectivity index (χ3v) is 5.64. The Bertz CT molecular complexity index is 1250. The summed E-state index contributed by atoms with van der Waals surface area (Å²) >= 11 is 6.87. The van der Waals surface area contributed by atoms with Crippen molar-refractivity contribution >= 4 is 55.6 Å². The van der Waals surface area contributed by atoms with Gasteiger partial charge < -0.3 is 9.47 Å². The van der Waals surface area contributed by atoms with E-state index in [0.717, 1.165) is 0 Å². The number of rotatable bonds is 6. The van der Waals surface area contributed by atoms with Crippen LogP contribution in [-0.4, -0.2) is 24.3 Å². The number of halogens is 3. The summed E-state index contributed by atoms with van der Waals surface area (Å²) in [5.74, 6) is -0.741. The average molecular weight is 559 g/mol. The zero-order valence-electron chi connectivity index (χ0n) is 16.3. The fourth-order valence-electron chi connectivity index (χ4n) is 2.96. The number of aliphatic imine (C=N–C) groups is 1. The molecule has 0 saturated heterocycles. The van der Waals surface area contributed by atoms with E-state index in [4.69, 9.17) is 9.47 Å². The maximum Gasteiger partial charge on any atom is 0.363 e. The Labute approximate surface area is 199 Å². The van der Waals surface area contributed by atoms with Gasteiger partial charge >= 0.3 is 5.97 Å². The van der Waals surface area contributed by atoms with Crippen molar-refractivity contribution in [3.8, 4) is 5.75 Å². The third kappa shape index (κ3) is 5.03. The van der Waals surface area contributed by atoms with E-state index in [1.54, 1.807) is 48.5 Å². The predicted molar refractivity (Wildman–Crippen MR) is 125 cm³/mol. The van der Waals surface area contributed by atoms with Crippen molar-refractivity contribution in [1.29, 1.82) is 0 Å². The predicted octanol–water partition coefficient (Wildman–Crippen LogP) is 5.96. The van der Waals surface area contributed by atoms with Crippen molar-refractivity contribution in [2.45, 2.75) is 0 Å². The molecule has 32 heavy (non-hydrogen) atoms. The summed E-state index contributed by atoms with van der Waals surface area (Å²) in [4.78, 5) is 28.7. The van der Waals surface area contributed by atoms with Gasteiger partial charge in [0.05, 0.1) is 8.95 Å². The molecule has 160 valence electrons. The molecule has 0 bridgehead atoms. The Morgan fingerprint density at radius 1 is 1.03 bits per heavy atom. The van der Waals surface area contributed by atoms with E-state index in [-0.39, 0.29) is 24.0 Å². The fourth-order valence-corrected chi connectivity index (χ4v) is 4.41. The molecule has 0 aliphatic carbocycles. The average Bonchev–Trinajstić information content (AvgIpc) is 3.14. The van der Waals surface area contributed by atoms with Crippen LogP contribution in [-0.2, 0) is 9.53 Å². The van der Waals surface area contributed by atoms with E-state index in [1.807, 2.05) is 6.07 Å². The number of cyclic esters (lactones) is 1. The molecule has 0 N–H and O–H groups in total. The molecule has 0 atom stereocenters. The number of Topliss-reactive ketones (excluding diaryl/α,β-unsaturated/α-hetero) is 1.